The fourth-order valence-electron chi connectivity index (χ4n) is 4.21. The van der Waals surface area contributed by atoms with Crippen molar-refractivity contribution in [2.75, 3.05) is 31.1 Å². The molecule has 0 radical (unpaired) electrons. The molecule has 152 valence electrons. The molecule has 29 heavy (non-hydrogen) atoms. The number of nitrogens with one attached hydrogen (secondary N) is 1. The van der Waals surface area contributed by atoms with E-state index in [9.17, 15) is 9.50 Å². The molecule has 1 unspecified atom stereocenters. The van der Waals surface area contributed by atoms with E-state index in [0.29, 0.717) is 17.1 Å². The Hall–Kier alpha value is -2.86. The molecule has 1 atom stereocenters. The monoisotopic (exact) mass is 394 g/mol. The molecular weight excluding hydrogens is 367 g/mol. The standard InChI is InChI=1S/C23H27FN4O/c1-3-27(4-2)19-11-12-28(15-19)18-8-6-17(7-9-18)25-14-21-20-10-5-16(24)13-22(20)26-23(21)29/h5-10,13-14,19,26,29H,3-4,11-12,15H2,1-2H3. The molecular formula is C23H27FN4O. The van der Waals surface area contributed by atoms with Crippen LogP contribution in [0.5, 0.6) is 5.88 Å². The smallest absolute Gasteiger partial charge is 0.198 e. The molecule has 0 aliphatic carbocycles. The first-order valence-electron chi connectivity index (χ1n) is 10.2. The molecule has 2 N–H and O–H groups in total. The summed E-state index contributed by atoms with van der Waals surface area (Å²) in [6, 6.07) is 13.2. The van der Waals surface area contributed by atoms with E-state index < -0.39 is 0 Å². The largest absolute Gasteiger partial charge is 0.494 e. The Morgan fingerprint density at radius 3 is 2.69 bits per heavy atom. The molecule has 3 aromatic rings. The summed E-state index contributed by atoms with van der Waals surface area (Å²) in [5.41, 5.74) is 3.13. The number of hydrogen-bond donors (Lipinski definition) is 2. The van der Waals surface area contributed by atoms with E-state index in [0.717, 1.165) is 37.3 Å². The molecule has 1 aromatic heterocycles. The van der Waals surface area contributed by atoms with Gasteiger partial charge in [-0.3, -0.25) is 9.89 Å². The number of H-pyrrole nitrogens is 1. The summed E-state index contributed by atoms with van der Waals surface area (Å²) in [4.78, 5) is 12.2. The lowest BCUT2D eigenvalue weighted by Crippen LogP contribution is -2.37. The first-order chi connectivity index (χ1) is 14.1. The lowest BCUT2D eigenvalue weighted by atomic mass is 10.2. The molecule has 2 heterocycles. The predicted octanol–water partition coefficient (Wildman–Crippen LogP) is 4.68. The van der Waals surface area contributed by atoms with Gasteiger partial charge in [0, 0.05) is 36.4 Å². The summed E-state index contributed by atoms with van der Waals surface area (Å²) >= 11 is 0. The summed E-state index contributed by atoms with van der Waals surface area (Å²) in [6.07, 6.45) is 2.81. The molecule has 2 aromatic carbocycles. The molecule has 0 bridgehead atoms. The number of halogens is 1. The highest BCUT2D eigenvalue weighted by Crippen LogP contribution is 2.28. The van der Waals surface area contributed by atoms with Gasteiger partial charge in [0.15, 0.2) is 5.88 Å². The minimum absolute atomic E-state index is 0.00881. The van der Waals surface area contributed by atoms with Gasteiger partial charge in [-0.2, -0.15) is 0 Å². The van der Waals surface area contributed by atoms with Crippen LogP contribution in [0.3, 0.4) is 0 Å². The van der Waals surface area contributed by atoms with Crippen LogP contribution in [0.1, 0.15) is 25.8 Å². The van der Waals surface area contributed by atoms with Crippen molar-refractivity contribution in [1.82, 2.24) is 9.88 Å². The molecule has 0 spiro atoms. The summed E-state index contributed by atoms with van der Waals surface area (Å²) in [7, 11) is 0. The van der Waals surface area contributed by atoms with Gasteiger partial charge in [-0.15, -0.1) is 0 Å². The second-order valence-electron chi connectivity index (χ2n) is 7.46. The van der Waals surface area contributed by atoms with Crippen molar-refractivity contribution in [2.45, 2.75) is 26.3 Å². The molecule has 1 aliphatic rings. The Labute approximate surface area is 170 Å². The van der Waals surface area contributed by atoms with Crippen LogP contribution in [0, 0.1) is 5.82 Å². The zero-order chi connectivity index (χ0) is 20.4. The SMILES string of the molecule is CCN(CC)C1CCN(c2ccc(N=Cc3c(O)[nH]c4cc(F)ccc34)cc2)C1. The van der Waals surface area contributed by atoms with Crippen LogP contribution in [-0.4, -0.2) is 53.4 Å². The van der Waals surface area contributed by atoms with Crippen LogP contribution < -0.4 is 4.90 Å². The zero-order valence-corrected chi connectivity index (χ0v) is 16.9. The summed E-state index contributed by atoms with van der Waals surface area (Å²) in [5.74, 6) is -0.353. The van der Waals surface area contributed by atoms with Crippen molar-refractivity contribution in [3.05, 3.63) is 53.8 Å². The first-order valence-corrected chi connectivity index (χ1v) is 10.2. The lowest BCUT2D eigenvalue weighted by molar-refractivity contribution is 0.232. The number of fused-ring (bicyclic) bond motifs is 1. The lowest BCUT2D eigenvalue weighted by Gasteiger charge is -2.26. The summed E-state index contributed by atoms with van der Waals surface area (Å²) < 4.78 is 13.4. The number of rotatable bonds is 6. The van der Waals surface area contributed by atoms with Crippen LogP contribution in [0.4, 0.5) is 15.8 Å². The van der Waals surface area contributed by atoms with Gasteiger partial charge in [0.05, 0.1) is 16.8 Å². The molecule has 4 rings (SSSR count). The van der Waals surface area contributed by atoms with E-state index >= 15 is 0 Å². The van der Waals surface area contributed by atoms with E-state index in [-0.39, 0.29) is 11.7 Å². The van der Waals surface area contributed by atoms with Crippen LogP contribution in [0.2, 0.25) is 0 Å². The number of aromatic nitrogens is 1. The number of benzene rings is 2. The van der Waals surface area contributed by atoms with Crippen molar-refractivity contribution in [1.29, 1.82) is 0 Å². The van der Waals surface area contributed by atoms with Crippen LogP contribution >= 0.6 is 0 Å². The van der Waals surface area contributed by atoms with Crippen molar-refractivity contribution in [3.8, 4) is 5.88 Å². The highest BCUT2D eigenvalue weighted by Gasteiger charge is 2.26. The fraction of sp³-hybridized carbons (Fsp3) is 0.348. The third-order valence-electron chi connectivity index (χ3n) is 5.83. The third-order valence-corrected chi connectivity index (χ3v) is 5.83. The van der Waals surface area contributed by atoms with Gasteiger partial charge in [0.2, 0.25) is 0 Å². The minimum atomic E-state index is -0.344. The van der Waals surface area contributed by atoms with E-state index in [1.54, 1.807) is 12.3 Å². The quantitative estimate of drug-likeness (QED) is 0.597. The van der Waals surface area contributed by atoms with Crippen LogP contribution in [0.15, 0.2) is 47.5 Å². The number of anilines is 1. The molecule has 5 nitrogen and oxygen atoms in total. The number of likely N-dealkylation sites (N-methyl/N-ethyl adjacent to an activating group) is 1. The van der Waals surface area contributed by atoms with Crippen molar-refractivity contribution >= 4 is 28.5 Å². The highest BCUT2D eigenvalue weighted by molar-refractivity contribution is 6.02. The van der Waals surface area contributed by atoms with Crippen molar-refractivity contribution in [3.63, 3.8) is 0 Å². The number of nitrogens with zero attached hydrogens (tertiary/aromatic N) is 3. The van der Waals surface area contributed by atoms with Crippen molar-refractivity contribution in [2.24, 2.45) is 4.99 Å². The Bertz CT molecular complexity index is 1010. The Kier molecular flexibility index (Phi) is 5.53. The van der Waals surface area contributed by atoms with Crippen molar-refractivity contribution < 1.29 is 9.50 Å². The molecule has 1 saturated heterocycles. The normalized spacial score (nSPS) is 17.2. The fourth-order valence-corrected chi connectivity index (χ4v) is 4.21. The Morgan fingerprint density at radius 1 is 1.21 bits per heavy atom. The molecule has 0 amide bonds. The maximum Gasteiger partial charge on any atom is 0.198 e. The maximum absolute atomic E-state index is 13.4. The molecule has 0 saturated carbocycles. The molecule has 1 fully saturated rings. The van der Waals surface area contributed by atoms with E-state index in [1.165, 1.54) is 24.2 Å². The van der Waals surface area contributed by atoms with Crippen LogP contribution in [0.25, 0.3) is 10.9 Å². The highest BCUT2D eigenvalue weighted by atomic mass is 19.1. The van der Waals surface area contributed by atoms with E-state index in [1.807, 2.05) is 12.1 Å². The van der Waals surface area contributed by atoms with Gasteiger partial charge >= 0.3 is 0 Å². The number of aromatic amines is 1. The number of aromatic hydroxyl groups is 1. The predicted molar refractivity (Wildman–Crippen MR) is 117 cm³/mol. The minimum Gasteiger partial charge on any atom is -0.494 e. The Morgan fingerprint density at radius 2 is 1.97 bits per heavy atom. The van der Waals surface area contributed by atoms with Gasteiger partial charge in [-0.05, 0) is 62.0 Å². The average molecular weight is 394 g/mol. The maximum atomic E-state index is 13.4. The Balaban J connectivity index is 1.47. The molecule has 6 heteroatoms. The topological polar surface area (TPSA) is 54.9 Å². The zero-order valence-electron chi connectivity index (χ0n) is 16.9. The van der Waals surface area contributed by atoms with Crippen LogP contribution in [-0.2, 0) is 0 Å². The van der Waals surface area contributed by atoms with E-state index in [4.69, 9.17) is 0 Å². The second kappa shape index (κ2) is 8.25. The number of aliphatic imine (C=N–C) groups is 1. The third kappa shape index (κ3) is 3.98. The van der Waals surface area contributed by atoms with E-state index in [2.05, 4.69) is 45.8 Å². The van der Waals surface area contributed by atoms with Gasteiger partial charge in [-0.1, -0.05) is 13.8 Å². The average Bonchev–Trinajstić information content (AvgIpc) is 3.32. The first kappa shape index (κ1) is 19.5. The summed E-state index contributed by atoms with van der Waals surface area (Å²) in [6.45, 7) is 8.77. The molecule has 1 aliphatic heterocycles. The van der Waals surface area contributed by atoms with Gasteiger partial charge in [0.25, 0.3) is 0 Å². The van der Waals surface area contributed by atoms with Gasteiger partial charge in [-0.25, -0.2) is 4.39 Å². The summed E-state index contributed by atoms with van der Waals surface area (Å²) in [5, 5.41) is 10.9. The van der Waals surface area contributed by atoms with Gasteiger partial charge < -0.3 is 15.0 Å². The second-order valence-corrected chi connectivity index (χ2v) is 7.46. The van der Waals surface area contributed by atoms with Gasteiger partial charge in [0.1, 0.15) is 5.82 Å². The number of hydrogen-bond acceptors (Lipinski definition) is 4.